The second-order valence-electron chi connectivity index (χ2n) is 3.44. The molecule has 0 aliphatic heterocycles. The molecule has 2 rings (SSSR count). The highest BCUT2D eigenvalue weighted by atomic mass is 15.2. The van der Waals surface area contributed by atoms with Crippen LogP contribution in [0.4, 0.5) is 0 Å². The Morgan fingerprint density at radius 1 is 1.50 bits per heavy atom. The van der Waals surface area contributed by atoms with E-state index in [1.807, 2.05) is 0 Å². The predicted octanol–water partition coefficient (Wildman–Crippen LogP) is 0.995. The number of nitrogens with zero attached hydrogens (tertiary/aromatic N) is 2. The van der Waals surface area contributed by atoms with Crippen molar-refractivity contribution < 1.29 is 0 Å². The zero-order valence-corrected chi connectivity index (χ0v) is 7.03. The SMILES string of the molecule is NC(c1ncn[nH]1)C1CCCC1. The summed E-state index contributed by atoms with van der Waals surface area (Å²) in [6.07, 6.45) is 6.62. The van der Waals surface area contributed by atoms with Gasteiger partial charge in [0.05, 0.1) is 6.04 Å². The van der Waals surface area contributed by atoms with Crippen molar-refractivity contribution in [3.8, 4) is 0 Å². The van der Waals surface area contributed by atoms with Crippen LogP contribution in [-0.2, 0) is 0 Å². The first-order valence-corrected chi connectivity index (χ1v) is 4.49. The second kappa shape index (κ2) is 3.23. The van der Waals surface area contributed by atoms with Gasteiger partial charge >= 0.3 is 0 Å². The molecule has 1 heterocycles. The van der Waals surface area contributed by atoms with E-state index in [0.29, 0.717) is 5.92 Å². The van der Waals surface area contributed by atoms with Crippen LogP contribution in [0.25, 0.3) is 0 Å². The fourth-order valence-corrected chi connectivity index (χ4v) is 1.92. The van der Waals surface area contributed by atoms with Gasteiger partial charge in [0.15, 0.2) is 0 Å². The van der Waals surface area contributed by atoms with Gasteiger partial charge in [-0.1, -0.05) is 12.8 Å². The van der Waals surface area contributed by atoms with Crippen molar-refractivity contribution in [1.82, 2.24) is 15.2 Å². The number of hydrogen-bond acceptors (Lipinski definition) is 3. The smallest absolute Gasteiger partial charge is 0.141 e. The second-order valence-corrected chi connectivity index (χ2v) is 3.44. The summed E-state index contributed by atoms with van der Waals surface area (Å²) < 4.78 is 0. The van der Waals surface area contributed by atoms with E-state index in [1.54, 1.807) is 0 Å². The molecular weight excluding hydrogens is 152 g/mol. The summed E-state index contributed by atoms with van der Waals surface area (Å²) >= 11 is 0. The largest absolute Gasteiger partial charge is 0.321 e. The summed E-state index contributed by atoms with van der Waals surface area (Å²) in [5.74, 6) is 1.44. The maximum Gasteiger partial charge on any atom is 0.141 e. The molecule has 66 valence electrons. The molecule has 1 aromatic rings. The summed E-state index contributed by atoms with van der Waals surface area (Å²) in [6, 6.07) is 0.0648. The zero-order chi connectivity index (χ0) is 8.39. The summed E-state index contributed by atoms with van der Waals surface area (Å²) in [4.78, 5) is 4.07. The summed E-state index contributed by atoms with van der Waals surface area (Å²) in [7, 11) is 0. The Hall–Kier alpha value is -0.900. The molecule has 1 aliphatic rings. The van der Waals surface area contributed by atoms with Gasteiger partial charge in [-0.05, 0) is 18.8 Å². The molecule has 1 atom stereocenters. The number of aromatic amines is 1. The van der Waals surface area contributed by atoms with Crippen LogP contribution in [0.3, 0.4) is 0 Å². The Morgan fingerprint density at radius 3 is 2.83 bits per heavy atom. The molecule has 0 saturated heterocycles. The lowest BCUT2D eigenvalue weighted by atomic mass is 9.99. The molecule has 0 amide bonds. The number of hydrogen-bond donors (Lipinski definition) is 2. The highest BCUT2D eigenvalue weighted by Crippen LogP contribution is 2.32. The van der Waals surface area contributed by atoms with Gasteiger partial charge < -0.3 is 5.73 Å². The zero-order valence-electron chi connectivity index (χ0n) is 7.03. The molecule has 3 N–H and O–H groups in total. The van der Waals surface area contributed by atoms with Crippen molar-refractivity contribution in [1.29, 1.82) is 0 Å². The van der Waals surface area contributed by atoms with Crippen LogP contribution >= 0.6 is 0 Å². The normalized spacial score (nSPS) is 21.4. The molecule has 1 saturated carbocycles. The lowest BCUT2D eigenvalue weighted by molar-refractivity contribution is 0.428. The van der Waals surface area contributed by atoms with Gasteiger partial charge in [-0.25, -0.2) is 4.98 Å². The Kier molecular flexibility index (Phi) is 2.08. The summed E-state index contributed by atoms with van der Waals surface area (Å²) in [6.45, 7) is 0. The fourth-order valence-electron chi connectivity index (χ4n) is 1.92. The van der Waals surface area contributed by atoms with E-state index in [1.165, 1.54) is 32.0 Å². The fraction of sp³-hybridized carbons (Fsp3) is 0.750. The van der Waals surface area contributed by atoms with Crippen LogP contribution in [0.2, 0.25) is 0 Å². The molecule has 4 heteroatoms. The molecule has 0 bridgehead atoms. The van der Waals surface area contributed by atoms with E-state index >= 15 is 0 Å². The first-order chi connectivity index (χ1) is 5.88. The first kappa shape index (κ1) is 7.73. The van der Waals surface area contributed by atoms with Crippen molar-refractivity contribution in [3.63, 3.8) is 0 Å². The third kappa shape index (κ3) is 1.34. The third-order valence-electron chi connectivity index (χ3n) is 2.66. The van der Waals surface area contributed by atoms with Gasteiger partial charge in [-0.3, -0.25) is 5.10 Å². The highest BCUT2D eigenvalue weighted by molar-refractivity contribution is 4.94. The topological polar surface area (TPSA) is 67.6 Å². The Balaban J connectivity index is 2.04. The Morgan fingerprint density at radius 2 is 2.25 bits per heavy atom. The van der Waals surface area contributed by atoms with Crippen molar-refractivity contribution in [2.24, 2.45) is 11.7 Å². The molecule has 1 fully saturated rings. The number of nitrogens with two attached hydrogens (primary N) is 1. The van der Waals surface area contributed by atoms with Crippen molar-refractivity contribution in [2.45, 2.75) is 31.7 Å². The number of nitrogens with one attached hydrogen (secondary N) is 1. The van der Waals surface area contributed by atoms with Gasteiger partial charge in [0.2, 0.25) is 0 Å². The van der Waals surface area contributed by atoms with Crippen LogP contribution in [-0.4, -0.2) is 15.2 Å². The van der Waals surface area contributed by atoms with E-state index in [4.69, 9.17) is 5.73 Å². The third-order valence-corrected chi connectivity index (χ3v) is 2.66. The number of H-pyrrole nitrogens is 1. The first-order valence-electron chi connectivity index (χ1n) is 4.49. The molecule has 0 aromatic carbocycles. The summed E-state index contributed by atoms with van der Waals surface area (Å²) in [5.41, 5.74) is 6.01. The van der Waals surface area contributed by atoms with Crippen LogP contribution in [0.1, 0.15) is 37.5 Å². The van der Waals surface area contributed by atoms with Crippen molar-refractivity contribution in [2.75, 3.05) is 0 Å². The number of aromatic nitrogens is 3. The maximum absolute atomic E-state index is 6.01. The van der Waals surface area contributed by atoms with Crippen molar-refractivity contribution >= 4 is 0 Å². The monoisotopic (exact) mass is 166 g/mol. The van der Waals surface area contributed by atoms with Crippen LogP contribution in [0.5, 0.6) is 0 Å². The van der Waals surface area contributed by atoms with Crippen LogP contribution in [0, 0.1) is 5.92 Å². The molecule has 4 nitrogen and oxygen atoms in total. The molecule has 12 heavy (non-hydrogen) atoms. The molecule has 0 spiro atoms. The van der Waals surface area contributed by atoms with E-state index in [9.17, 15) is 0 Å². The average molecular weight is 166 g/mol. The van der Waals surface area contributed by atoms with Gasteiger partial charge in [0.1, 0.15) is 12.2 Å². The van der Waals surface area contributed by atoms with Gasteiger partial charge in [-0.2, -0.15) is 5.10 Å². The van der Waals surface area contributed by atoms with Crippen molar-refractivity contribution in [3.05, 3.63) is 12.2 Å². The standard InChI is InChI=1S/C8H14N4/c9-7(6-3-1-2-4-6)8-10-5-11-12-8/h5-7H,1-4,9H2,(H,10,11,12). The quantitative estimate of drug-likeness (QED) is 0.688. The highest BCUT2D eigenvalue weighted by Gasteiger charge is 2.24. The molecule has 1 aliphatic carbocycles. The lowest BCUT2D eigenvalue weighted by Gasteiger charge is -2.15. The van der Waals surface area contributed by atoms with E-state index in [-0.39, 0.29) is 6.04 Å². The number of rotatable bonds is 2. The predicted molar refractivity (Wildman–Crippen MR) is 45.3 cm³/mol. The van der Waals surface area contributed by atoms with E-state index in [0.717, 1.165) is 5.82 Å². The van der Waals surface area contributed by atoms with Crippen LogP contribution < -0.4 is 5.73 Å². The van der Waals surface area contributed by atoms with Gasteiger partial charge in [0.25, 0.3) is 0 Å². The Labute approximate surface area is 71.6 Å². The minimum absolute atomic E-state index is 0.0648. The minimum atomic E-state index is 0.0648. The maximum atomic E-state index is 6.01. The Bertz CT molecular complexity index is 225. The molecule has 1 unspecified atom stereocenters. The van der Waals surface area contributed by atoms with Gasteiger partial charge in [-0.15, -0.1) is 0 Å². The summed E-state index contributed by atoms with van der Waals surface area (Å²) in [5, 5.41) is 6.63. The minimum Gasteiger partial charge on any atom is -0.321 e. The molecule has 0 radical (unpaired) electrons. The van der Waals surface area contributed by atoms with E-state index in [2.05, 4.69) is 15.2 Å². The van der Waals surface area contributed by atoms with Gasteiger partial charge in [0, 0.05) is 0 Å². The lowest BCUT2D eigenvalue weighted by Crippen LogP contribution is -2.20. The molecular formula is C8H14N4. The average Bonchev–Trinajstić information content (AvgIpc) is 2.77. The molecule has 1 aromatic heterocycles. The van der Waals surface area contributed by atoms with E-state index < -0.39 is 0 Å². The van der Waals surface area contributed by atoms with Crippen LogP contribution in [0.15, 0.2) is 6.33 Å².